The molecule has 0 spiro atoms. The zero-order valence-electron chi connectivity index (χ0n) is 21.5. The van der Waals surface area contributed by atoms with Crippen molar-refractivity contribution in [1.29, 1.82) is 0 Å². The van der Waals surface area contributed by atoms with Crippen LogP contribution in [0.5, 0.6) is 5.75 Å². The minimum absolute atomic E-state index is 0.0667. The Morgan fingerprint density at radius 3 is 2.49 bits per heavy atom. The summed E-state index contributed by atoms with van der Waals surface area (Å²) in [5.41, 5.74) is 0.955. The lowest BCUT2D eigenvalue weighted by Crippen LogP contribution is -2.22. The maximum atomic E-state index is 14.0. The van der Waals surface area contributed by atoms with Gasteiger partial charge in [0.15, 0.2) is 9.84 Å². The number of phenols is 1. The number of hydrogen-bond donors (Lipinski definition) is 1. The van der Waals surface area contributed by atoms with Gasteiger partial charge in [-0.1, -0.05) is 45.1 Å². The van der Waals surface area contributed by atoms with Gasteiger partial charge in [-0.05, 0) is 48.5 Å². The van der Waals surface area contributed by atoms with E-state index in [0.29, 0.717) is 29.9 Å². The van der Waals surface area contributed by atoms with Crippen molar-refractivity contribution in [3.8, 4) is 16.9 Å². The Morgan fingerprint density at radius 2 is 1.84 bits per heavy atom. The van der Waals surface area contributed by atoms with Crippen molar-refractivity contribution < 1.29 is 31.9 Å². The van der Waals surface area contributed by atoms with E-state index in [2.05, 4.69) is 4.90 Å². The Labute approximate surface area is 217 Å². The maximum Gasteiger partial charge on any atom is 0.341 e. The van der Waals surface area contributed by atoms with E-state index in [1.165, 1.54) is 24.5 Å². The molecule has 0 aliphatic rings. The van der Waals surface area contributed by atoms with Gasteiger partial charge in [-0.25, -0.2) is 17.6 Å². The van der Waals surface area contributed by atoms with Crippen LogP contribution in [0.2, 0.25) is 0 Å². The van der Waals surface area contributed by atoms with Gasteiger partial charge in [0.1, 0.15) is 22.9 Å². The first-order valence-corrected chi connectivity index (χ1v) is 13.7. The standard InChI is InChI=1S/C28H32FNO6S/c1-5-24-22(14-16-36-24)23-12-10-20(26(27(23)31)28(32)35-4)18-37(33,34)25-13-11-21(29)17-19(25)9-8-15-30(6-2)7-3/h8-14,16-17,31H,5-7,15,18H2,1-4H3/b9-8-. The molecular weight excluding hydrogens is 497 g/mol. The highest BCUT2D eigenvalue weighted by molar-refractivity contribution is 7.90. The number of hydrogen-bond acceptors (Lipinski definition) is 7. The van der Waals surface area contributed by atoms with Gasteiger partial charge in [-0.15, -0.1) is 0 Å². The monoisotopic (exact) mass is 529 g/mol. The number of esters is 1. The minimum Gasteiger partial charge on any atom is -0.506 e. The van der Waals surface area contributed by atoms with Crippen LogP contribution < -0.4 is 0 Å². The van der Waals surface area contributed by atoms with E-state index >= 15 is 0 Å². The Balaban J connectivity index is 2.05. The van der Waals surface area contributed by atoms with Gasteiger partial charge >= 0.3 is 5.97 Å². The molecule has 3 aromatic rings. The fourth-order valence-electron chi connectivity index (χ4n) is 4.18. The number of methoxy groups -OCH3 is 1. The summed E-state index contributed by atoms with van der Waals surface area (Å²) >= 11 is 0. The van der Waals surface area contributed by atoms with Crippen molar-refractivity contribution in [2.24, 2.45) is 0 Å². The van der Waals surface area contributed by atoms with Gasteiger partial charge in [-0.3, -0.25) is 0 Å². The Morgan fingerprint density at radius 1 is 1.11 bits per heavy atom. The van der Waals surface area contributed by atoms with Gasteiger partial charge < -0.3 is 19.2 Å². The molecule has 9 heteroatoms. The fraction of sp³-hybridized carbons (Fsp3) is 0.321. The summed E-state index contributed by atoms with van der Waals surface area (Å²) in [5.74, 6) is -1.82. The van der Waals surface area contributed by atoms with Gasteiger partial charge in [0, 0.05) is 24.1 Å². The van der Waals surface area contributed by atoms with Crippen LogP contribution in [0.4, 0.5) is 4.39 Å². The average molecular weight is 530 g/mol. The van der Waals surface area contributed by atoms with E-state index in [-0.39, 0.29) is 21.6 Å². The molecule has 3 rings (SSSR count). The predicted molar refractivity (Wildman–Crippen MR) is 141 cm³/mol. The van der Waals surface area contributed by atoms with Crippen molar-refractivity contribution in [1.82, 2.24) is 4.90 Å². The van der Waals surface area contributed by atoms with E-state index in [4.69, 9.17) is 9.15 Å². The molecule has 0 unspecified atom stereocenters. The Bertz CT molecular complexity index is 1390. The van der Waals surface area contributed by atoms with Crippen LogP contribution in [-0.4, -0.2) is 51.1 Å². The number of furan rings is 1. The molecule has 0 radical (unpaired) electrons. The van der Waals surface area contributed by atoms with Crippen molar-refractivity contribution in [2.75, 3.05) is 26.7 Å². The number of carbonyl (C=O) groups excluding carboxylic acids is 1. The van der Waals surface area contributed by atoms with Crippen LogP contribution in [0.1, 0.15) is 48.0 Å². The maximum absolute atomic E-state index is 14.0. The lowest BCUT2D eigenvalue weighted by molar-refractivity contribution is 0.0596. The molecule has 0 bridgehead atoms. The first kappa shape index (κ1) is 28.1. The first-order chi connectivity index (χ1) is 17.7. The molecule has 0 saturated heterocycles. The van der Waals surface area contributed by atoms with Gasteiger partial charge in [0.05, 0.1) is 24.0 Å². The summed E-state index contributed by atoms with van der Waals surface area (Å²) < 4.78 is 51.4. The average Bonchev–Trinajstić information content (AvgIpc) is 3.35. The van der Waals surface area contributed by atoms with Gasteiger partial charge in [0.25, 0.3) is 0 Å². The van der Waals surface area contributed by atoms with Crippen molar-refractivity contribution in [2.45, 2.75) is 37.8 Å². The van der Waals surface area contributed by atoms with Crippen LogP contribution in [0, 0.1) is 5.82 Å². The number of aryl methyl sites for hydroxylation is 1. The third-order valence-corrected chi connectivity index (χ3v) is 7.95. The zero-order valence-corrected chi connectivity index (χ0v) is 22.3. The summed E-state index contributed by atoms with van der Waals surface area (Å²) in [4.78, 5) is 14.7. The molecule has 198 valence electrons. The number of aromatic hydroxyl groups is 1. The molecule has 1 aromatic heterocycles. The molecule has 0 aliphatic heterocycles. The molecule has 7 nitrogen and oxygen atoms in total. The van der Waals surface area contributed by atoms with E-state index in [1.807, 2.05) is 20.8 Å². The number of carbonyl (C=O) groups is 1. The van der Waals surface area contributed by atoms with Gasteiger partial charge in [-0.2, -0.15) is 0 Å². The van der Waals surface area contributed by atoms with Crippen LogP contribution in [0.25, 0.3) is 17.2 Å². The Hall–Kier alpha value is -3.43. The Kier molecular flexibility index (Phi) is 9.29. The third kappa shape index (κ3) is 6.29. The van der Waals surface area contributed by atoms with Crippen molar-refractivity contribution in [3.63, 3.8) is 0 Å². The van der Waals surface area contributed by atoms with E-state index in [9.17, 15) is 22.7 Å². The third-order valence-electron chi connectivity index (χ3n) is 6.22. The molecular formula is C28H32FNO6S. The number of rotatable bonds is 11. The number of phenolic OH excluding ortho intramolecular Hbond substituents is 1. The number of sulfone groups is 1. The van der Waals surface area contributed by atoms with Crippen molar-refractivity contribution in [3.05, 3.63) is 77.0 Å². The number of benzene rings is 2. The normalized spacial score (nSPS) is 11.9. The molecule has 1 heterocycles. The summed E-state index contributed by atoms with van der Waals surface area (Å²) in [5, 5.41) is 11.0. The number of nitrogens with zero attached hydrogens (tertiary/aromatic N) is 1. The van der Waals surface area contributed by atoms with Gasteiger partial charge in [0.2, 0.25) is 0 Å². The lowest BCUT2D eigenvalue weighted by Gasteiger charge is -2.16. The smallest absolute Gasteiger partial charge is 0.341 e. The summed E-state index contributed by atoms with van der Waals surface area (Å²) in [6, 6.07) is 8.16. The first-order valence-electron chi connectivity index (χ1n) is 12.1. The molecule has 0 aliphatic carbocycles. The fourth-order valence-corrected chi connectivity index (χ4v) is 5.75. The van der Waals surface area contributed by atoms with E-state index in [1.54, 1.807) is 24.3 Å². The quantitative estimate of drug-likeness (QED) is 0.260. The van der Waals surface area contributed by atoms with Crippen LogP contribution in [-0.2, 0) is 26.7 Å². The minimum atomic E-state index is -4.05. The molecule has 0 amide bonds. The lowest BCUT2D eigenvalue weighted by atomic mass is 9.97. The topological polar surface area (TPSA) is 97.1 Å². The summed E-state index contributed by atoms with van der Waals surface area (Å²) in [7, 11) is -2.90. The van der Waals surface area contributed by atoms with Crippen LogP contribution >= 0.6 is 0 Å². The van der Waals surface area contributed by atoms with E-state index < -0.39 is 33.1 Å². The highest BCUT2D eigenvalue weighted by Gasteiger charge is 2.27. The summed E-state index contributed by atoms with van der Waals surface area (Å²) in [6.07, 6.45) is 5.41. The summed E-state index contributed by atoms with van der Waals surface area (Å²) in [6.45, 7) is 8.15. The second kappa shape index (κ2) is 12.2. The second-order valence-corrected chi connectivity index (χ2v) is 10.4. The number of ether oxygens (including phenoxy) is 1. The molecule has 1 N–H and O–H groups in total. The van der Waals surface area contributed by atoms with E-state index in [0.717, 1.165) is 26.3 Å². The van der Waals surface area contributed by atoms with Crippen LogP contribution in [0.15, 0.2) is 58.1 Å². The zero-order chi connectivity index (χ0) is 27.2. The number of likely N-dealkylation sites (N-methyl/N-ethyl adjacent to an activating group) is 1. The predicted octanol–water partition coefficient (Wildman–Crippen LogP) is 5.47. The molecule has 37 heavy (non-hydrogen) atoms. The largest absolute Gasteiger partial charge is 0.506 e. The molecule has 0 saturated carbocycles. The second-order valence-electron chi connectivity index (χ2n) is 8.43. The molecule has 0 atom stereocenters. The highest BCUT2D eigenvalue weighted by Crippen LogP contribution is 2.38. The number of halogens is 1. The van der Waals surface area contributed by atoms with Crippen molar-refractivity contribution >= 4 is 21.9 Å². The molecule has 0 fully saturated rings. The highest BCUT2D eigenvalue weighted by atomic mass is 32.2. The van der Waals surface area contributed by atoms with Crippen LogP contribution in [0.3, 0.4) is 0 Å². The molecule has 2 aromatic carbocycles. The SMILES string of the molecule is CCc1occc1-c1ccc(CS(=O)(=O)c2ccc(F)cc2/C=C\CN(CC)CC)c(C(=O)OC)c1O.